The number of carbonyl (C=O) groups excluding carboxylic acids is 1. The van der Waals surface area contributed by atoms with Crippen molar-refractivity contribution in [1.29, 1.82) is 0 Å². The molecular formula is C14H23NO4. The summed E-state index contributed by atoms with van der Waals surface area (Å²) in [6, 6.07) is -0.209. The van der Waals surface area contributed by atoms with E-state index in [4.69, 9.17) is 9.84 Å². The van der Waals surface area contributed by atoms with Crippen LogP contribution in [0.25, 0.3) is 0 Å². The molecule has 1 heterocycles. The Balaban J connectivity index is 2.11. The maximum Gasteiger partial charge on any atom is 0.305 e. The lowest BCUT2D eigenvalue weighted by atomic mass is 9.66. The van der Waals surface area contributed by atoms with Crippen molar-refractivity contribution >= 4 is 11.9 Å². The molecule has 1 aliphatic heterocycles. The van der Waals surface area contributed by atoms with E-state index < -0.39 is 5.97 Å². The van der Waals surface area contributed by atoms with E-state index >= 15 is 0 Å². The highest BCUT2D eigenvalue weighted by Crippen LogP contribution is 2.46. The normalized spacial score (nSPS) is 29.1. The molecule has 2 aliphatic rings. The zero-order valence-corrected chi connectivity index (χ0v) is 11.7. The Labute approximate surface area is 113 Å². The minimum absolute atomic E-state index is 0.0192. The lowest BCUT2D eigenvalue weighted by molar-refractivity contribution is -0.150. The monoisotopic (exact) mass is 269 g/mol. The van der Waals surface area contributed by atoms with Crippen LogP contribution in [-0.2, 0) is 14.3 Å². The number of aliphatic carboxylic acids is 1. The van der Waals surface area contributed by atoms with Gasteiger partial charge in [-0.3, -0.25) is 9.59 Å². The predicted octanol–water partition coefficient (Wildman–Crippen LogP) is 1.66. The van der Waals surface area contributed by atoms with Crippen LogP contribution in [-0.4, -0.2) is 47.7 Å². The van der Waals surface area contributed by atoms with Crippen molar-refractivity contribution in [3.63, 3.8) is 0 Å². The van der Waals surface area contributed by atoms with Crippen LogP contribution in [0.1, 0.15) is 45.4 Å². The van der Waals surface area contributed by atoms with Crippen molar-refractivity contribution in [2.24, 2.45) is 5.41 Å². The number of carboxylic acid groups (broad SMARTS) is 1. The van der Waals surface area contributed by atoms with Gasteiger partial charge >= 0.3 is 5.97 Å². The Hall–Kier alpha value is -1.10. The molecule has 2 unspecified atom stereocenters. The van der Waals surface area contributed by atoms with Crippen molar-refractivity contribution in [1.82, 2.24) is 4.90 Å². The number of amides is 1. The molecule has 0 aromatic carbocycles. The fourth-order valence-corrected chi connectivity index (χ4v) is 3.32. The van der Waals surface area contributed by atoms with Gasteiger partial charge in [-0.15, -0.1) is 0 Å². The Bertz CT molecular complexity index is 359. The molecule has 108 valence electrons. The predicted molar refractivity (Wildman–Crippen MR) is 69.7 cm³/mol. The van der Waals surface area contributed by atoms with Gasteiger partial charge in [0.2, 0.25) is 5.91 Å². The largest absolute Gasteiger partial charge is 0.481 e. The van der Waals surface area contributed by atoms with Gasteiger partial charge in [-0.1, -0.05) is 13.3 Å². The maximum absolute atomic E-state index is 12.7. The van der Waals surface area contributed by atoms with Gasteiger partial charge < -0.3 is 14.7 Å². The van der Waals surface area contributed by atoms with Gasteiger partial charge in [0.1, 0.15) is 0 Å². The van der Waals surface area contributed by atoms with E-state index in [1.54, 1.807) is 12.0 Å². The van der Waals surface area contributed by atoms with Crippen molar-refractivity contribution in [3.05, 3.63) is 0 Å². The second-order valence-electron chi connectivity index (χ2n) is 5.79. The molecule has 5 heteroatoms. The fourth-order valence-electron chi connectivity index (χ4n) is 3.32. The van der Waals surface area contributed by atoms with E-state index in [1.807, 2.05) is 6.92 Å². The molecule has 1 N–H and O–H groups in total. The molecular weight excluding hydrogens is 246 g/mol. The van der Waals surface area contributed by atoms with Gasteiger partial charge in [0.25, 0.3) is 0 Å². The second-order valence-corrected chi connectivity index (χ2v) is 5.79. The highest BCUT2D eigenvalue weighted by Gasteiger charge is 2.48. The Kier molecular flexibility index (Phi) is 4.13. The summed E-state index contributed by atoms with van der Waals surface area (Å²) in [5.41, 5.74) is -0.223. The van der Waals surface area contributed by atoms with E-state index in [1.165, 1.54) is 0 Å². The average molecular weight is 269 g/mol. The second kappa shape index (κ2) is 5.49. The summed E-state index contributed by atoms with van der Waals surface area (Å²) in [5, 5.41) is 8.98. The maximum atomic E-state index is 12.7. The molecule has 0 aromatic heterocycles. The first kappa shape index (κ1) is 14.3. The summed E-state index contributed by atoms with van der Waals surface area (Å²) in [7, 11) is 1.62. The summed E-state index contributed by atoms with van der Waals surface area (Å²) in [6.45, 7) is 2.59. The van der Waals surface area contributed by atoms with Gasteiger partial charge in [0.15, 0.2) is 0 Å². The standard InChI is InChI=1S/C14H23NO4/c1-3-14(5-4-6-14)13(18)15-9-11(19-2)7-10(15)8-12(16)17/h10-11H,3-9H2,1-2H3,(H,16,17). The third kappa shape index (κ3) is 2.61. The van der Waals surface area contributed by atoms with Crippen molar-refractivity contribution in [3.8, 4) is 0 Å². The molecule has 1 saturated heterocycles. The van der Waals surface area contributed by atoms with Crippen molar-refractivity contribution in [2.75, 3.05) is 13.7 Å². The molecule has 2 fully saturated rings. The SMILES string of the molecule is CCC1(C(=O)N2CC(OC)CC2CC(=O)O)CCC1. The number of rotatable bonds is 5. The number of hydrogen-bond acceptors (Lipinski definition) is 3. The topological polar surface area (TPSA) is 66.8 Å². The number of nitrogens with zero attached hydrogens (tertiary/aromatic N) is 1. The first-order valence-electron chi connectivity index (χ1n) is 7.08. The van der Waals surface area contributed by atoms with Crippen LogP contribution >= 0.6 is 0 Å². The van der Waals surface area contributed by atoms with E-state index in [0.29, 0.717) is 13.0 Å². The van der Waals surface area contributed by atoms with Gasteiger partial charge in [0.05, 0.1) is 12.5 Å². The van der Waals surface area contributed by atoms with Gasteiger partial charge in [-0.05, 0) is 25.7 Å². The molecule has 2 rings (SSSR count). The van der Waals surface area contributed by atoms with Crippen LogP contribution in [0.5, 0.6) is 0 Å². The number of likely N-dealkylation sites (tertiary alicyclic amines) is 1. The van der Waals surface area contributed by atoms with Crippen LogP contribution in [0, 0.1) is 5.41 Å². The number of carboxylic acids is 1. The minimum atomic E-state index is -0.848. The molecule has 1 amide bonds. The molecule has 0 bridgehead atoms. The summed E-state index contributed by atoms with van der Waals surface area (Å²) in [6.07, 6.45) is 4.46. The lowest BCUT2D eigenvalue weighted by Gasteiger charge is -2.43. The molecule has 5 nitrogen and oxygen atoms in total. The third-order valence-electron chi connectivity index (χ3n) is 4.82. The zero-order chi connectivity index (χ0) is 14.0. The Morgan fingerprint density at radius 3 is 2.53 bits per heavy atom. The Morgan fingerprint density at radius 1 is 1.42 bits per heavy atom. The number of methoxy groups -OCH3 is 1. The molecule has 2 atom stereocenters. The van der Waals surface area contributed by atoms with E-state index in [2.05, 4.69) is 0 Å². The molecule has 1 saturated carbocycles. The lowest BCUT2D eigenvalue weighted by Crippen LogP contribution is -2.50. The molecule has 0 aromatic rings. The Morgan fingerprint density at radius 2 is 2.11 bits per heavy atom. The van der Waals surface area contributed by atoms with E-state index in [9.17, 15) is 9.59 Å². The van der Waals surface area contributed by atoms with Gasteiger partial charge in [-0.2, -0.15) is 0 Å². The van der Waals surface area contributed by atoms with Crippen molar-refractivity contribution < 1.29 is 19.4 Å². The molecule has 0 spiro atoms. The van der Waals surface area contributed by atoms with Crippen LogP contribution in [0.4, 0.5) is 0 Å². The quantitative estimate of drug-likeness (QED) is 0.824. The van der Waals surface area contributed by atoms with Crippen LogP contribution in [0.3, 0.4) is 0 Å². The van der Waals surface area contributed by atoms with Crippen molar-refractivity contribution in [2.45, 2.75) is 57.6 Å². The molecule has 0 radical (unpaired) electrons. The van der Waals surface area contributed by atoms with E-state index in [-0.39, 0.29) is 29.9 Å². The minimum Gasteiger partial charge on any atom is -0.481 e. The first-order chi connectivity index (χ1) is 9.02. The number of carbonyl (C=O) groups is 2. The van der Waals surface area contributed by atoms with Gasteiger partial charge in [-0.25, -0.2) is 0 Å². The van der Waals surface area contributed by atoms with Crippen LogP contribution < -0.4 is 0 Å². The first-order valence-corrected chi connectivity index (χ1v) is 7.08. The molecule has 19 heavy (non-hydrogen) atoms. The smallest absolute Gasteiger partial charge is 0.305 e. The summed E-state index contributed by atoms with van der Waals surface area (Å²) in [5.74, 6) is -0.703. The number of hydrogen-bond donors (Lipinski definition) is 1. The average Bonchev–Trinajstić information content (AvgIpc) is 2.70. The summed E-state index contributed by atoms with van der Waals surface area (Å²) >= 11 is 0. The van der Waals surface area contributed by atoms with Crippen LogP contribution in [0.2, 0.25) is 0 Å². The highest BCUT2D eigenvalue weighted by atomic mass is 16.5. The van der Waals surface area contributed by atoms with Gasteiger partial charge in [0, 0.05) is 25.1 Å². The summed E-state index contributed by atoms with van der Waals surface area (Å²) in [4.78, 5) is 25.4. The van der Waals surface area contributed by atoms with Crippen LogP contribution in [0.15, 0.2) is 0 Å². The highest BCUT2D eigenvalue weighted by molar-refractivity contribution is 5.84. The summed E-state index contributed by atoms with van der Waals surface area (Å²) < 4.78 is 5.31. The third-order valence-corrected chi connectivity index (χ3v) is 4.82. The zero-order valence-electron chi connectivity index (χ0n) is 11.7. The van der Waals surface area contributed by atoms with E-state index in [0.717, 1.165) is 25.7 Å². The fraction of sp³-hybridized carbons (Fsp3) is 0.857. The number of ether oxygens (including phenoxy) is 1. The molecule has 1 aliphatic carbocycles.